The lowest BCUT2D eigenvalue weighted by Gasteiger charge is -2.34. The second-order valence-corrected chi connectivity index (χ2v) is 7.85. The van der Waals surface area contributed by atoms with E-state index in [1.165, 1.54) is 0 Å². The van der Waals surface area contributed by atoms with E-state index in [9.17, 15) is 4.79 Å². The molecule has 2 N–H and O–H groups in total. The molecule has 0 unspecified atom stereocenters. The van der Waals surface area contributed by atoms with Crippen LogP contribution in [0.2, 0.25) is 0 Å². The lowest BCUT2D eigenvalue weighted by molar-refractivity contribution is -0.148. The Bertz CT molecular complexity index is 826. The molecule has 2 atom stereocenters. The third-order valence-electron chi connectivity index (χ3n) is 5.66. The largest absolute Gasteiger partial charge is 0.493 e. The van der Waals surface area contributed by atoms with Crippen LogP contribution >= 0.6 is 0 Å². The number of hydrogen-bond acceptors (Lipinski definition) is 6. The number of nitrogens with zero attached hydrogens (tertiary/aromatic N) is 1. The molecule has 1 amide bonds. The molecular weight excluding hydrogens is 372 g/mol. The van der Waals surface area contributed by atoms with E-state index in [1.54, 1.807) is 6.26 Å². The van der Waals surface area contributed by atoms with Crippen molar-refractivity contribution in [3.8, 4) is 5.75 Å². The minimum atomic E-state index is -0.423. The maximum atomic E-state index is 13.2. The van der Waals surface area contributed by atoms with Gasteiger partial charge in [-0.25, -0.2) is 0 Å². The fraction of sp³-hybridized carbons (Fsp3) is 0.591. The number of fused-ring (bicyclic) bond motifs is 1. The molecule has 1 saturated carbocycles. The Kier molecular flexibility index (Phi) is 6.37. The zero-order valence-electron chi connectivity index (χ0n) is 16.9. The molecule has 0 bridgehead atoms. The summed E-state index contributed by atoms with van der Waals surface area (Å²) in [7, 11) is 0. The maximum Gasteiger partial charge on any atom is 0.253 e. The van der Waals surface area contributed by atoms with E-state index in [0.29, 0.717) is 26.2 Å². The van der Waals surface area contributed by atoms with Crippen molar-refractivity contribution in [2.45, 2.75) is 50.8 Å². The summed E-state index contributed by atoms with van der Waals surface area (Å²) in [6.45, 7) is 4.67. The molecule has 7 heteroatoms. The van der Waals surface area contributed by atoms with Crippen molar-refractivity contribution >= 4 is 16.9 Å². The summed E-state index contributed by atoms with van der Waals surface area (Å²) < 4.78 is 17.4. The minimum absolute atomic E-state index is 0.0529. The Balaban J connectivity index is 1.57. The zero-order valence-corrected chi connectivity index (χ0v) is 16.9. The van der Waals surface area contributed by atoms with Crippen LogP contribution in [0.3, 0.4) is 0 Å². The van der Waals surface area contributed by atoms with Gasteiger partial charge in [-0.2, -0.15) is 0 Å². The van der Waals surface area contributed by atoms with Crippen LogP contribution in [0.25, 0.3) is 11.0 Å². The number of hydrogen-bond donors (Lipinski definition) is 2. The van der Waals surface area contributed by atoms with Crippen LogP contribution in [0, 0.1) is 0 Å². The van der Waals surface area contributed by atoms with E-state index in [4.69, 9.17) is 19.0 Å². The first-order valence-corrected chi connectivity index (χ1v) is 10.6. The molecule has 2 aliphatic rings. The van der Waals surface area contributed by atoms with Gasteiger partial charge in [0.2, 0.25) is 0 Å². The zero-order chi connectivity index (χ0) is 20.2. The molecule has 1 aliphatic carbocycles. The van der Waals surface area contributed by atoms with Crippen LogP contribution in [0.1, 0.15) is 44.2 Å². The molecule has 2 fully saturated rings. The highest BCUT2D eigenvalue weighted by Gasteiger charge is 2.40. The molecule has 2 heterocycles. The molecule has 1 aromatic heterocycles. The average Bonchev–Trinajstić information content (AvgIpc) is 3.46. The van der Waals surface area contributed by atoms with Gasteiger partial charge in [0.05, 0.1) is 30.9 Å². The first-order chi connectivity index (χ1) is 14.2. The van der Waals surface area contributed by atoms with Crippen molar-refractivity contribution in [1.82, 2.24) is 10.2 Å². The lowest BCUT2D eigenvalue weighted by Crippen LogP contribution is -2.50. The van der Waals surface area contributed by atoms with E-state index in [2.05, 4.69) is 12.2 Å². The Morgan fingerprint density at radius 2 is 2.24 bits per heavy atom. The van der Waals surface area contributed by atoms with Crippen LogP contribution in [0.15, 0.2) is 28.9 Å². The summed E-state index contributed by atoms with van der Waals surface area (Å²) in [6.07, 6.45) is 4.80. The highest BCUT2D eigenvalue weighted by molar-refractivity contribution is 5.86. The second-order valence-electron chi connectivity index (χ2n) is 7.85. The number of nitrogens with one attached hydrogen (secondary N) is 1. The fourth-order valence-corrected chi connectivity index (χ4v) is 3.91. The summed E-state index contributed by atoms with van der Waals surface area (Å²) >= 11 is 0. The lowest BCUT2D eigenvalue weighted by atomic mass is 10.0. The third-order valence-corrected chi connectivity index (χ3v) is 5.66. The highest BCUT2D eigenvalue weighted by Crippen LogP contribution is 2.38. The van der Waals surface area contributed by atoms with Gasteiger partial charge in [0.1, 0.15) is 17.4 Å². The van der Waals surface area contributed by atoms with E-state index in [1.807, 2.05) is 23.1 Å². The van der Waals surface area contributed by atoms with Crippen molar-refractivity contribution in [3.05, 3.63) is 30.0 Å². The smallest absolute Gasteiger partial charge is 0.253 e. The third kappa shape index (κ3) is 4.57. The summed E-state index contributed by atoms with van der Waals surface area (Å²) in [5, 5.41) is 13.1. The molecule has 29 heavy (non-hydrogen) atoms. The monoisotopic (exact) mass is 402 g/mol. The van der Waals surface area contributed by atoms with E-state index in [-0.39, 0.29) is 24.6 Å². The van der Waals surface area contributed by atoms with Crippen LogP contribution in [0.4, 0.5) is 0 Å². The summed E-state index contributed by atoms with van der Waals surface area (Å²) in [5.74, 6) is 0.812. The number of furan rings is 1. The predicted octanol–water partition coefficient (Wildman–Crippen LogP) is 2.62. The molecule has 4 rings (SSSR count). The van der Waals surface area contributed by atoms with Gasteiger partial charge in [0.15, 0.2) is 0 Å². The maximum absolute atomic E-state index is 13.2. The number of aliphatic hydroxyl groups excluding tert-OH is 1. The SMILES string of the molecule is C[C@@H](c1cc(OCCCCO)c2ccoc2c1)N(C(=O)[C@H]1CNCCO1)C1CC1. The topological polar surface area (TPSA) is 84.2 Å². The van der Waals surface area contributed by atoms with Gasteiger partial charge in [-0.3, -0.25) is 4.79 Å². The van der Waals surface area contributed by atoms with Crippen LogP contribution in [0.5, 0.6) is 5.75 Å². The van der Waals surface area contributed by atoms with Crippen LogP contribution in [-0.2, 0) is 9.53 Å². The number of morpholine rings is 1. The quantitative estimate of drug-likeness (QED) is 0.628. The van der Waals surface area contributed by atoms with E-state index in [0.717, 1.165) is 48.1 Å². The molecule has 0 spiro atoms. The Labute approximate surface area is 170 Å². The fourth-order valence-electron chi connectivity index (χ4n) is 3.91. The molecule has 1 aromatic carbocycles. The summed E-state index contributed by atoms with van der Waals surface area (Å²) in [6, 6.07) is 6.09. The number of carbonyl (C=O) groups is 1. The van der Waals surface area contributed by atoms with Crippen molar-refractivity contribution in [2.75, 3.05) is 32.9 Å². The molecule has 1 aliphatic heterocycles. The van der Waals surface area contributed by atoms with E-state index >= 15 is 0 Å². The Morgan fingerprint density at radius 3 is 2.97 bits per heavy atom. The number of benzene rings is 1. The number of rotatable bonds is 9. The highest BCUT2D eigenvalue weighted by atomic mass is 16.5. The van der Waals surface area contributed by atoms with Crippen molar-refractivity contribution in [1.29, 1.82) is 0 Å². The average molecular weight is 402 g/mol. The van der Waals surface area contributed by atoms with Gasteiger partial charge in [-0.1, -0.05) is 0 Å². The molecule has 1 saturated heterocycles. The van der Waals surface area contributed by atoms with Crippen LogP contribution in [-0.4, -0.2) is 61.0 Å². The van der Waals surface area contributed by atoms with Crippen LogP contribution < -0.4 is 10.1 Å². The van der Waals surface area contributed by atoms with Crippen molar-refractivity contribution in [3.63, 3.8) is 0 Å². The van der Waals surface area contributed by atoms with Crippen molar-refractivity contribution in [2.24, 2.45) is 0 Å². The molecule has 7 nitrogen and oxygen atoms in total. The van der Waals surface area contributed by atoms with Gasteiger partial charge in [-0.15, -0.1) is 0 Å². The van der Waals surface area contributed by atoms with Crippen molar-refractivity contribution < 1.29 is 23.8 Å². The number of amides is 1. The van der Waals surface area contributed by atoms with Gasteiger partial charge < -0.3 is 29.2 Å². The van der Waals surface area contributed by atoms with Gasteiger partial charge >= 0.3 is 0 Å². The Hall–Kier alpha value is -2.09. The number of aliphatic hydroxyl groups is 1. The summed E-state index contributed by atoms with van der Waals surface area (Å²) in [4.78, 5) is 15.2. The molecule has 2 aromatic rings. The normalized spacial score (nSPS) is 20.6. The predicted molar refractivity (Wildman–Crippen MR) is 109 cm³/mol. The Morgan fingerprint density at radius 1 is 1.38 bits per heavy atom. The molecular formula is C22H30N2O5. The standard InChI is InChI=1S/C22H30N2O5/c1-15(24(17-4-5-17)22(26)21-14-23-7-11-29-21)16-12-19(27-9-3-2-8-25)18-6-10-28-20(18)13-16/h6,10,12-13,15,17,21,23,25H,2-5,7-9,11,14H2,1H3/t15-,21+/m0/s1. The molecule has 158 valence electrons. The minimum Gasteiger partial charge on any atom is -0.493 e. The first kappa shape index (κ1) is 20.2. The second kappa shape index (κ2) is 9.15. The number of carbonyl (C=O) groups excluding carboxylic acids is 1. The van der Waals surface area contributed by atoms with Gasteiger partial charge in [0.25, 0.3) is 5.91 Å². The number of unbranched alkanes of at least 4 members (excludes halogenated alkanes) is 1. The first-order valence-electron chi connectivity index (χ1n) is 10.6. The number of ether oxygens (including phenoxy) is 2. The van der Waals surface area contributed by atoms with Gasteiger partial charge in [-0.05, 0) is 56.4 Å². The van der Waals surface area contributed by atoms with E-state index < -0.39 is 6.10 Å². The summed E-state index contributed by atoms with van der Waals surface area (Å²) in [5.41, 5.74) is 1.75. The molecule has 0 radical (unpaired) electrons. The van der Waals surface area contributed by atoms with Gasteiger partial charge in [0, 0.05) is 25.7 Å².